The third-order valence-corrected chi connectivity index (χ3v) is 6.67. The first-order valence-electron chi connectivity index (χ1n) is 9.21. The molecule has 5 nitrogen and oxygen atoms in total. The second kappa shape index (κ2) is 8.86. The minimum absolute atomic E-state index is 0.413. The molecule has 0 spiro atoms. The van der Waals surface area contributed by atoms with Gasteiger partial charge in [-0.15, -0.1) is 0 Å². The van der Waals surface area contributed by atoms with Gasteiger partial charge in [-0.05, 0) is 49.3 Å². The monoisotopic (exact) mass is 415 g/mol. The molecule has 1 saturated heterocycles. The van der Waals surface area contributed by atoms with E-state index in [-0.39, 0.29) is 0 Å². The summed E-state index contributed by atoms with van der Waals surface area (Å²) in [6.45, 7) is 6.05. The SMILES string of the molecule is Cc1ccc(NC(=S)N2CCN(S(=O)(=O)/C=C/c3ccccc3)CC2)c(C)c1. The van der Waals surface area contributed by atoms with Crippen molar-refractivity contribution in [1.82, 2.24) is 9.21 Å². The summed E-state index contributed by atoms with van der Waals surface area (Å²) in [5.74, 6) is 0. The van der Waals surface area contributed by atoms with Crippen LogP contribution in [0, 0.1) is 13.8 Å². The highest BCUT2D eigenvalue weighted by Crippen LogP contribution is 2.18. The van der Waals surface area contributed by atoms with E-state index in [4.69, 9.17) is 12.2 Å². The Morgan fingerprint density at radius 1 is 1.04 bits per heavy atom. The summed E-state index contributed by atoms with van der Waals surface area (Å²) in [5.41, 5.74) is 4.19. The molecular weight excluding hydrogens is 390 g/mol. The fourth-order valence-corrected chi connectivity index (χ4v) is 4.57. The highest BCUT2D eigenvalue weighted by Gasteiger charge is 2.26. The van der Waals surface area contributed by atoms with E-state index in [2.05, 4.69) is 18.3 Å². The number of nitrogens with one attached hydrogen (secondary N) is 1. The van der Waals surface area contributed by atoms with Gasteiger partial charge in [0.1, 0.15) is 0 Å². The Kier molecular flexibility index (Phi) is 6.49. The highest BCUT2D eigenvalue weighted by molar-refractivity contribution is 7.92. The molecule has 0 aromatic heterocycles. The molecule has 3 rings (SSSR count). The highest BCUT2D eigenvalue weighted by atomic mass is 32.2. The van der Waals surface area contributed by atoms with E-state index in [1.165, 1.54) is 15.3 Å². The summed E-state index contributed by atoms with van der Waals surface area (Å²) in [7, 11) is -3.44. The first-order valence-corrected chi connectivity index (χ1v) is 11.1. The van der Waals surface area contributed by atoms with E-state index in [9.17, 15) is 8.42 Å². The number of hydrogen-bond acceptors (Lipinski definition) is 3. The smallest absolute Gasteiger partial charge is 0.236 e. The molecule has 0 amide bonds. The van der Waals surface area contributed by atoms with E-state index in [1.54, 1.807) is 6.08 Å². The summed E-state index contributed by atoms with van der Waals surface area (Å²) < 4.78 is 26.7. The van der Waals surface area contributed by atoms with Gasteiger partial charge in [0.25, 0.3) is 0 Å². The van der Waals surface area contributed by atoms with Crippen molar-refractivity contribution in [2.24, 2.45) is 0 Å². The zero-order valence-electron chi connectivity index (χ0n) is 16.1. The minimum Gasteiger partial charge on any atom is -0.346 e. The van der Waals surface area contributed by atoms with Crippen LogP contribution < -0.4 is 5.32 Å². The van der Waals surface area contributed by atoms with Crippen molar-refractivity contribution < 1.29 is 8.42 Å². The normalized spacial score (nSPS) is 15.7. The Bertz CT molecular complexity index is 964. The van der Waals surface area contributed by atoms with Gasteiger partial charge in [-0.3, -0.25) is 0 Å². The molecule has 1 aliphatic heterocycles. The molecule has 1 heterocycles. The Morgan fingerprint density at radius 3 is 2.36 bits per heavy atom. The number of nitrogens with zero attached hydrogens (tertiary/aromatic N) is 2. The minimum atomic E-state index is -3.44. The van der Waals surface area contributed by atoms with Crippen LogP contribution in [0.25, 0.3) is 6.08 Å². The summed E-state index contributed by atoms with van der Waals surface area (Å²) in [5, 5.41) is 5.19. The van der Waals surface area contributed by atoms with Crippen molar-refractivity contribution >= 4 is 39.1 Å². The van der Waals surface area contributed by atoms with Crippen molar-refractivity contribution in [2.75, 3.05) is 31.5 Å². The average Bonchev–Trinajstić information content (AvgIpc) is 2.69. The predicted octanol–water partition coefficient (Wildman–Crippen LogP) is 3.62. The first-order chi connectivity index (χ1) is 13.3. The van der Waals surface area contributed by atoms with Gasteiger partial charge in [0, 0.05) is 37.3 Å². The molecule has 0 radical (unpaired) electrons. The molecule has 0 aliphatic carbocycles. The van der Waals surface area contributed by atoms with E-state index >= 15 is 0 Å². The van der Waals surface area contributed by atoms with Gasteiger partial charge in [-0.2, -0.15) is 4.31 Å². The standard InChI is InChI=1S/C21H25N3O2S2/c1-17-8-9-20(18(2)16-17)22-21(27)23-11-13-24(14-12-23)28(25,26)15-10-19-6-4-3-5-7-19/h3-10,15-16H,11-14H2,1-2H3,(H,22,27)/b15-10+. The van der Waals surface area contributed by atoms with Crippen LogP contribution in [0.3, 0.4) is 0 Å². The van der Waals surface area contributed by atoms with Crippen molar-refractivity contribution in [3.63, 3.8) is 0 Å². The van der Waals surface area contributed by atoms with E-state index in [0.29, 0.717) is 31.3 Å². The van der Waals surface area contributed by atoms with Gasteiger partial charge in [0.2, 0.25) is 10.0 Å². The van der Waals surface area contributed by atoms with E-state index in [1.807, 2.05) is 54.3 Å². The van der Waals surface area contributed by atoms with Crippen LogP contribution in [0.4, 0.5) is 5.69 Å². The molecular formula is C21H25N3O2S2. The van der Waals surface area contributed by atoms with Crippen LogP contribution in [0.15, 0.2) is 53.9 Å². The van der Waals surface area contributed by atoms with Crippen LogP contribution in [-0.4, -0.2) is 48.9 Å². The summed E-state index contributed by atoms with van der Waals surface area (Å²) >= 11 is 5.53. The molecule has 148 valence electrons. The Morgan fingerprint density at radius 2 is 1.71 bits per heavy atom. The molecule has 1 fully saturated rings. The van der Waals surface area contributed by atoms with Gasteiger partial charge >= 0.3 is 0 Å². The lowest BCUT2D eigenvalue weighted by molar-refractivity contribution is 0.270. The number of anilines is 1. The maximum absolute atomic E-state index is 12.6. The number of aryl methyl sites for hydroxylation is 2. The lowest BCUT2D eigenvalue weighted by Gasteiger charge is -2.35. The fourth-order valence-electron chi connectivity index (χ4n) is 3.11. The Hall–Kier alpha value is -2.22. The second-order valence-corrected chi connectivity index (χ2v) is 9.10. The van der Waals surface area contributed by atoms with Gasteiger partial charge in [0.15, 0.2) is 5.11 Å². The molecule has 28 heavy (non-hydrogen) atoms. The lowest BCUT2D eigenvalue weighted by Crippen LogP contribution is -2.51. The number of piperazine rings is 1. The van der Waals surface area contributed by atoms with Crippen LogP contribution >= 0.6 is 12.2 Å². The van der Waals surface area contributed by atoms with Crippen LogP contribution in [0.2, 0.25) is 0 Å². The number of thiocarbonyl (C=S) groups is 1. The fraction of sp³-hybridized carbons (Fsp3) is 0.286. The van der Waals surface area contributed by atoms with Crippen LogP contribution in [-0.2, 0) is 10.0 Å². The van der Waals surface area contributed by atoms with Gasteiger partial charge in [0.05, 0.1) is 0 Å². The predicted molar refractivity (Wildman–Crippen MR) is 120 cm³/mol. The third-order valence-electron chi connectivity index (χ3n) is 4.74. The third kappa shape index (κ3) is 5.19. The van der Waals surface area contributed by atoms with Crippen LogP contribution in [0.1, 0.15) is 16.7 Å². The molecule has 0 saturated carbocycles. The molecule has 0 atom stereocenters. The molecule has 1 N–H and O–H groups in total. The Labute approximate surface area is 172 Å². The quantitative estimate of drug-likeness (QED) is 0.773. The number of benzene rings is 2. The number of rotatable bonds is 4. The molecule has 2 aromatic carbocycles. The van der Waals surface area contributed by atoms with Crippen molar-refractivity contribution in [3.8, 4) is 0 Å². The first kappa shape index (κ1) is 20.5. The average molecular weight is 416 g/mol. The maximum atomic E-state index is 12.6. The molecule has 0 unspecified atom stereocenters. The van der Waals surface area contributed by atoms with Crippen molar-refractivity contribution in [1.29, 1.82) is 0 Å². The summed E-state index contributed by atoms with van der Waals surface area (Å²) in [6, 6.07) is 15.6. The van der Waals surface area contributed by atoms with E-state index < -0.39 is 10.0 Å². The molecule has 0 bridgehead atoms. The lowest BCUT2D eigenvalue weighted by atomic mass is 10.1. The summed E-state index contributed by atoms with van der Waals surface area (Å²) in [4.78, 5) is 2.02. The van der Waals surface area contributed by atoms with Gasteiger partial charge in [-0.25, -0.2) is 8.42 Å². The topological polar surface area (TPSA) is 52.6 Å². The zero-order chi connectivity index (χ0) is 20.1. The zero-order valence-corrected chi connectivity index (χ0v) is 17.8. The number of hydrogen-bond donors (Lipinski definition) is 1. The second-order valence-electron chi connectivity index (χ2n) is 6.89. The molecule has 1 aliphatic rings. The maximum Gasteiger partial charge on any atom is 0.236 e. The largest absolute Gasteiger partial charge is 0.346 e. The summed E-state index contributed by atoms with van der Waals surface area (Å²) in [6.07, 6.45) is 1.63. The van der Waals surface area contributed by atoms with Crippen molar-refractivity contribution in [2.45, 2.75) is 13.8 Å². The van der Waals surface area contributed by atoms with Gasteiger partial charge < -0.3 is 10.2 Å². The van der Waals surface area contributed by atoms with Crippen molar-refractivity contribution in [3.05, 3.63) is 70.6 Å². The Balaban J connectivity index is 1.57. The van der Waals surface area contributed by atoms with E-state index in [0.717, 1.165) is 16.8 Å². The van der Waals surface area contributed by atoms with Gasteiger partial charge in [-0.1, -0.05) is 48.0 Å². The van der Waals surface area contributed by atoms with Crippen LogP contribution in [0.5, 0.6) is 0 Å². The molecule has 7 heteroatoms. The number of sulfonamides is 1. The molecule has 2 aromatic rings.